The minimum absolute atomic E-state index is 0.222. The van der Waals surface area contributed by atoms with Gasteiger partial charge in [-0.25, -0.2) is 4.98 Å². The number of nitrogens with zero attached hydrogens (tertiary/aromatic N) is 3. The monoisotopic (exact) mass is 248 g/mol. The van der Waals surface area contributed by atoms with Gasteiger partial charge in [-0.3, -0.25) is 4.90 Å². The fourth-order valence-electron chi connectivity index (χ4n) is 2.35. The Morgan fingerprint density at radius 2 is 2.17 bits per heavy atom. The largest absolute Gasteiger partial charge is 0.370 e. The van der Waals surface area contributed by atoms with Gasteiger partial charge in [0, 0.05) is 49.7 Å². The summed E-state index contributed by atoms with van der Waals surface area (Å²) in [6.45, 7) is 10.8. The molecule has 0 atom stereocenters. The van der Waals surface area contributed by atoms with Crippen molar-refractivity contribution in [3.8, 4) is 0 Å². The van der Waals surface area contributed by atoms with Crippen molar-refractivity contribution in [2.45, 2.75) is 26.3 Å². The normalized spacial score (nSPS) is 19.9. The Bertz CT molecular complexity index is 403. The number of piperazine rings is 1. The fourth-order valence-corrected chi connectivity index (χ4v) is 2.35. The lowest BCUT2D eigenvalue weighted by Crippen LogP contribution is -2.57. The van der Waals surface area contributed by atoms with Crippen molar-refractivity contribution in [1.82, 2.24) is 9.88 Å². The van der Waals surface area contributed by atoms with Crippen LogP contribution in [0.1, 0.15) is 20.8 Å². The van der Waals surface area contributed by atoms with Crippen molar-refractivity contribution in [3.05, 3.63) is 18.3 Å². The molecule has 1 aromatic heterocycles. The molecular weight excluding hydrogens is 224 g/mol. The molecule has 18 heavy (non-hydrogen) atoms. The van der Waals surface area contributed by atoms with Gasteiger partial charge in [-0.05, 0) is 33.9 Å². The number of hydrogen-bond donors (Lipinski definition) is 1. The first kappa shape index (κ1) is 13.1. The van der Waals surface area contributed by atoms with Gasteiger partial charge in [0.25, 0.3) is 0 Å². The first-order valence-corrected chi connectivity index (χ1v) is 6.69. The number of anilines is 2. The second-order valence-electron chi connectivity index (χ2n) is 5.59. The van der Waals surface area contributed by atoms with Crippen LogP contribution >= 0.6 is 0 Å². The second kappa shape index (κ2) is 5.14. The van der Waals surface area contributed by atoms with Crippen molar-refractivity contribution in [2.24, 2.45) is 0 Å². The van der Waals surface area contributed by atoms with Crippen molar-refractivity contribution < 1.29 is 0 Å². The summed E-state index contributed by atoms with van der Waals surface area (Å²) in [6.07, 6.45) is 1.89. The molecule has 0 saturated carbocycles. The molecule has 100 valence electrons. The van der Waals surface area contributed by atoms with Crippen molar-refractivity contribution >= 4 is 11.5 Å². The van der Waals surface area contributed by atoms with Gasteiger partial charge in [-0.1, -0.05) is 0 Å². The highest BCUT2D eigenvalue weighted by molar-refractivity contribution is 5.54. The van der Waals surface area contributed by atoms with Crippen LogP contribution < -0.4 is 10.2 Å². The van der Waals surface area contributed by atoms with Crippen LogP contribution in [0, 0.1) is 0 Å². The standard InChI is InChI=1S/C14H24N4/c1-5-15-13-10-12(6-7-16-13)18-9-8-17(4)14(2,3)11-18/h6-7,10H,5,8-9,11H2,1-4H3,(H,15,16). The lowest BCUT2D eigenvalue weighted by atomic mass is 9.99. The molecule has 0 radical (unpaired) electrons. The summed E-state index contributed by atoms with van der Waals surface area (Å²) >= 11 is 0. The second-order valence-corrected chi connectivity index (χ2v) is 5.59. The topological polar surface area (TPSA) is 31.4 Å². The Morgan fingerprint density at radius 1 is 1.39 bits per heavy atom. The van der Waals surface area contributed by atoms with Crippen LogP contribution in [0.4, 0.5) is 11.5 Å². The Balaban J connectivity index is 2.14. The van der Waals surface area contributed by atoms with Gasteiger partial charge in [0.2, 0.25) is 0 Å². The van der Waals surface area contributed by atoms with Gasteiger partial charge in [-0.2, -0.15) is 0 Å². The number of hydrogen-bond acceptors (Lipinski definition) is 4. The van der Waals surface area contributed by atoms with Gasteiger partial charge >= 0.3 is 0 Å². The zero-order chi connectivity index (χ0) is 13.2. The van der Waals surface area contributed by atoms with E-state index in [1.165, 1.54) is 5.69 Å². The van der Waals surface area contributed by atoms with Crippen LogP contribution in [0.5, 0.6) is 0 Å². The SMILES string of the molecule is CCNc1cc(N2CCN(C)C(C)(C)C2)ccn1. The van der Waals surface area contributed by atoms with Gasteiger partial charge in [0.05, 0.1) is 0 Å². The molecule has 1 saturated heterocycles. The third-order valence-corrected chi connectivity index (χ3v) is 3.78. The smallest absolute Gasteiger partial charge is 0.127 e. The summed E-state index contributed by atoms with van der Waals surface area (Å²) in [4.78, 5) is 9.20. The molecule has 2 rings (SSSR count). The zero-order valence-corrected chi connectivity index (χ0v) is 11.9. The first-order valence-electron chi connectivity index (χ1n) is 6.69. The highest BCUT2D eigenvalue weighted by atomic mass is 15.3. The van der Waals surface area contributed by atoms with E-state index in [0.29, 0.717) is 0 Å². The molecule has 0 aromatic carbocycles. The third-order valence-electron chi connectivity index (χ3n) is 3.78. The van der Waals surface area contributed by atoms with Gasteiger partial charge in [-0.15, -0.1) is 0 Å². The summed E-state index contributed by atoms with van der Waals surface area (Å²) < 4.78 is 0. The van der Waals surface area contributed by atoms with Crippen LogP contribution in [0.3, 0.4) is 0 Å². The molecule has 1 aliphatic heterocycles. The lowest BCUT2D eigenvalue weighted by Gasteiger charge is -2.46. The fraction of sp³-hybridized carbons (Fsp3) is 0.643. The molecule has 1 aromatic rings. The van der Waals surface area contributed by atoms with Gasteiger partial charge in [0.15, 0.2) is 0 Å². The van der Waals surface area contributed by atoms with Crippen molar-refractivity contribution in [1.29, 1.82) is 0 Å². The van der Waals surface area contributed by atoms with E-state index in [2.05, 4.69) is 60.1 Å². The van der Waals surface area contributed by atoms with E-state index >= 15 is 0 Å². The molecule has 0 amide bonds. The maximum Gasteiger partial charge on any atom is 0.127 e. The number of pyridine rings is 1. The van der Waals surface area contributed by atoms with E-state index < -0.39 is 0 Å². The number of likely N-dealkylation sites (N-methyl/N-ethyl adjacent to an activating group) is 1. The summed E-state index contributed by atoms with van der Waals surface area (Å²) in [5, 5.41) is 3.27. The number of nitrogens with one attached hydrogen (secondary N) is 1. The summed E-state index contributed by atoms with van der Waals surface area (Å²) in [7, 11) is 2.20. The Kier molecular flexibility index (Phi) is 3.76. The predicted molar refractivity (Wildman–Crippen MR) is 77.3 cm³/mol. The van der Waals surface area contributed by atoms with E-state index in [1.807, 2.05) is 6.20 Å². The number of aromatic nitrogens is 1. The molecule has 4 heteroatoms. The number of rotatable bonds is 3. The Morgan fingerprint density at radius 3 is 2.83 bits per heavy atom. The average molecular weight is 248 g/mol. The third kappa shape index (κ3) is 2.75. The van der Waals surface area contributed by atoms with E-state index in [4.69, 9.17) is 0 Å². The zero-order valence-electron chi connectivity index (χ0n) is 11.9. The van der Waals surface area contributed by atoms with Crippen LogP contribution in [0.15, 0.2) is 18.3 Å². The molecule has 1 fully saturated rings. The highest BCUT2D eigenvalue weighted by Crippen LogP contribution is 2.25. The molecule has 4 nitrogen and oxygen atoms in total. The van der Waals surface area contributed by atoms with Crippen molar-refractivity contribution in [3.63, 3.8) is 0 Å². The molecule has 2 heterocycles. The van der Waals surface area contributed by atoms with Crippen LogP contribution in [0.2, 0.25) is 0 Å². The minimum atomic E-state index is 0.222. The van der Waals surface area contributed by atoms with E-state index in [0.717, 1.165) is 32.0 Å². The summed E-state index contributed by atoms with van der Waals surface area (Å²) in [6, 6.07) is 4.24. The lowest BCUT2D eigenvalue weighted by molar-refractivity contribution is 0.139. The average Bonchev–Trinajstić information content (AvgIpc) is 2.33. The molecule has 0 aliphatic carbocycles. The van der Waals surface area contributed by atoms with E-state index in [-0.39, 0.29) is 5.54 Å². The molecule has 0 bridgehead atoms. The molecule has 0 unspecified atom stereocenters. The van der Waals surface area contributed by atoms with Crippen LogP contribution in [-0.4, -0.2) is 48.6 Å². The van der Waals surface area contributed by atoms with Crippen molar-refractivity contribution in [2.75, 3.05) is 43.4 Å². The summed E-state index contributed by atoms with van der Waals surface area (Å²) in [5.41, 5.74) is 1.49. The molecule has 1 aliphatic rings. The quantitative estimate of drug-likeness (QED) is 0.887. The molecule has 1 N–H and O–H groups in total. The predicted octanol–water partition coefficient (Wildman–Crippen LogP) is 2.04. The van der Waals surface area contributed by atoms with Crippen LogP contribution in [-0.2, 0) is 0 Å². The van der Waals surface area contributed by atoms with Gasteiger partial charge in [0.1, 0.15) is 5.82 Å². The molecular formula is C14H24N4. The summed E-state index contributed by atoms with van der Waals surface area (Å²) in [5.74, 6) is 0.965. The maximum atomic E-state index is 4.33. The van der Waals surface area contributed by atoms with E-state index in [9.17, 15) is 0 Å². The highest BCUT2D eigenvalue weighted by Gasteiger charge is 2.31. The Labute approximate surface area is 110 Å². The Hall–Kier alpha value is -1.29. The maximum absolute atomic E-state index is 4.33. The van der Waals surface area contributed by atoms with Crippen LogP contribution in [0.25, 0.3) is 0 Å². The molecule has 0 spiro atoms. The van der Waals surface area contributed by atoms with E-state index in [1.54, 1.807) is 0 Å². The minimum Gasteiger partial charge on any atom is -0.370 e. The van der Waals surface area contributed by atoms with Gasteiger partial charge < -0.3 is 10.2 Å². The first-order chi connectivity index (χ1) is 8.53.